The standard InChI is InChI=1S/C25H18N4O3/c1-14-20(25(32)28(27-14)17-5-3-2-4-6-17)13-26-29-23(30)18-11-9-15-7-8-16-10-12-19(24(29)31)22(18)21(15)16/h2-6,9-13,27H,7-8H2,1H3. The predicted octanol–water partition coefficient (Wildman–Crippen LogP) is 3.36. The first-order chi connectivity index (χ1) is 15.5. The van der Waals surface area contributed by atoms with Gasteiger partial charge < -0.3 is 0 Å². The molecule has 2 amide bonds. The fourth-order valence-corrected chi connectivity index (χ4v) is 4.70. The Kier molecular flexibility index (Phi) is 3.83. The summed E-state index contributed by atoms with van der Waals surface area (Å²) in [6.07, 6.45) is 3.12. The lowest BCUT2D eigenvalue weighted by molar-refractivity contribution is 0.0616. The van der Waals surface area contributed by atoms with Gasteiger partial charge in [-0.3, -0.25) is 19.5 Å². The maximum Gasteiger partial charge on any atom is 0.282 e. The molecule has 3 aromatic carbocycles. The summed E-state index contributed by atoms with van der Waals surface area (Å²) in [7, 11) is 0. The maximum absolute atomic E-state index is 13.2. The van der Waals surface area contributed by atoms with Crippen molar-refractivity contribution in [2.75, 3.05) is 0 Å². The van der Waals surface area contributed by atoms with Crippen LogP contribution in [0.15, 0.2) is 64.5 Å². The van der Waals surface area contributed by atoms with Crippen LogP contribution in [0.5, 0.6) is 0 Å². The summed E-state index contributed by atoms with van der Waals surface area (Å²) in [5.74, 6) is -0.961. The molecule has 7 heteroatoms. The third kappa shape index (κ3) is 2.48. The molecule has 0 spiro atoms. The van der Waals surface area contributed by atoms with Crippen LogP contribution in [0.2, 0.25) is 0 Å². The quantitative estimate of drug-likeness (QED) is 0.406. The summed E-state index contributed by atoms with van der Waals surface area (Å²) >= 11 is 0. The fourth-order valence-electron chi connectivity index (χ4n) is 4.70. The van der Waals surface area contributed by atoms with Gasteiger partial charge in [0.05, 0.1) is 28.6 Å². The van der Waals surface area contributed by atoms with Gasteiger partial charge in [-0.1, -0.05) is 30.3 Å². The van der Waals surface area contributed by atoms with E-state index in [1.165, 1.54) is 22.0 Å². The van der Waals surface area contributed by atoms with Crippen molar-refractivity contribution in [2.45, 2.75) is 19.8 Å². The van der Waals surface area contributed by atoms with Crippen molar-refractivity contribution in [3.63, 3.8) is 0 Å². The highest BCUT2D eigenvalue weighted by molar-refractivity contribution is 6.26. The van der Waals surface area contributed by atoms with Crippen LogP contribution in [0.1, 0.15) is 43.1 Å². The van der Waals surface area contributed by atoms with Crippen LogP contribution < -0.4 is 5.56 Å². The van der Waals surface area contributed by atoms with Crippen LogP contribution in [0.25, 0.3) is 16.5 Å². The van der Waals surface area contributed by atoms with E-state index in [2.05, 4.69) is 10.2 Å². The molecule has 0 fully saturated rings. The van der Waals surface area contributed by atoms with Gasteiger partial charge in [0.1, 0.15) is 0 Å². The minimum atomic E-state index is -0.481. The van der Waals surface area contributed by atoms with E-state index in [0.717, 1.165) is 28.6 Å². The molecule has 0 saturated carbocycles. The first kappa shape index (κ1) is 18.5. The Morgan fingerprint density at radius 3 is 2.09 bits per heavy atom. The summed E-state index contributed by atoms with van der Waals surface area (Å²) in [6.45, 7) is 1.75. The van der Waals surface area contributed by atoms with Gasteiger partial charge in [0, 0.05) is 11.1 Å². The topological polar surface area (TPSA) is 87.5 Å². The van der Waals surface area contributed by atoms with Crippen molar-refractivity contribution < 1.29 is 9.59 Å². The number of aromatic nitrogens is 2. The molecule has 2 heterocycles. The first-order valence-electron chi connectivity index (χ1n) is 10.4. The average Bonchev–Trinajstić information content (AvgIpc) is 3.36. The molecule has 7 nitrogen and oxygen atoms in total. The highest BCUT2D eigenvalue weighted by atomic mass is 16.2. The predicted molar refractivity (Wildman–Crippen MR) is 121 cm³/mol. The molecule has 0 bridgehead atoms. The van der Waals surface area contributed by atoms with Gasteiger partial charge in [-0.25, -0.2) is 4.68 Å². The molecule has 6 rings (SSSR count). The number of imide groups is 1. The monoisotopic (exact) mass is 422 g/mol. The van der Waals surface area contributed by atoms with E-state index in [0.29, 0.717) is 22.5 Å². The van der Waals surface area contributed by atoms with Crippen LogP contribution in [-0.2, 0) is 12.8 Å². The minimum absolute atomic E-state index is 0.286. The van der Waals surface area contributed by atoms with Crippen molar-refractivity contribution in [3.8, 4) is 5.69 Å². The molecular formula is C25H18N4O3. The molecule has 0 unspecified atom stereocenters. The molecule has 1 aliphatic heterocycles. The molecule has 0 radical (unpaired) electrons. The maximum atomic E-state index is 13.2. The van der Waals surface area contributed by atoms with Gasteiger partial charge in [-0.05, 0) is 60.5 Å². The number of hydrazone groups is 1. The molecule has 1 N–H and O–H groups in total. The smallest absolute Gasteiger partial charge is 0.282 e. The number of hydrogen-bond acceptors (Lipinski definition) is 4. The lowest BCUT2D eigenvalue weighted by Crippen LogP contribution is -2.36. The van der Waals surface area contributed by atoms with E-state index in [-0.39, 0.29) is 11.1 Å². The molecule has 156 valence electrons. The van der Waals surface area contributed by atoms with E-state index < -0.39 is 11.8 Å². The second-order valence-electron chi connectivity index (χ2n) is 8.09. The minimum Gasteiger partial charge on any atom is -0.295 e. The zero-order chi connectivity index (χ0) is 22.0. The second kappa shape index (κ2) is 6.62. The molecule has 32 heavy (non-hydrogen) atoms. The van der Waals surface area contributed by atoms with Gasteiger partial charge in [-0.2, -0.15) is 10.1 Å². The Balaban J connectivity index is 1.42. The number of carbonyl (C=O) groups excluding carboxylic acids is 2. The van der Waals surface area contributed by atoms with Gasteiger partial charge in [0.25, 0.3) is 17.4 Å². The lowest BCUT2D eigenvalue weighted by Gasteiger charge is -2.23. The largest absolute Gasteiger partial charge is 0.295 e. The Morgan fingerprint density at radius 1 is 0.844 bits per heavy atom. The third-order valence-electron chi connectivity index (χ3n) is 6.28. The lowest BCUT2D eigenvalue weighted by atomic mass is 9.92. The average molecular weight is 422 g/mol. The van der Waals surface area contributed by atoms with Crippen molar-refractivity contribution in [3.05, 3.63) is 98.5 Å². The van der Waals surface area contributed by atoms with Crippen molar-refractivity contribution in [1.82, 2.24) is 14.8 Å². The van der Waals surface area contributed by atoms with E-state index >= 15 is 0 Å². The Hall–Kier alpha value is -4.26. The molecular weight excluding hydrogens is 404 g/mol. The highest BCUT2D eigenvalue weighted by Crippen LogP contribution is 2.38. The van der Waals surface area contributed by atoms with Gasteiger partial charge in [0.2, 0.25) is 0 Å². The van der Waals surface area contributed by atoms with Crippen LogP contribution in [0.4, 0.5) is 0 Å². The first-order valence-corrected chi connectivity index (χ1v) is 10.4. The van der Waals surface area contributed by atoms with Gasteiger partial charge >= 0.3 is 0 Å². The van der Waals surface area contributed by atoms with Crippen LogP contribution in [0, 0.1) is 6.92 Å². The number of aromatic amines is 1. The van der Waals surface area contributed by atoms with Crippen molar-refractivity contribution in [2.24, 2.45) is 5.10 Å². The van der Waals surface area contributed by atoms with Crippen LogP contribution in [0.3, 0.4) is 0 Å². The number of aryl methyl sites for hydroxylation is 3. The van der Waals surface area contributed by atoms with Crippen LogP contribution in [-0.4, -0.2) is 32.8 Å². The number of nitrogens with one attached hydrogen (secondary N) is 1. The summed E-state index contributed by atoms with van der Waals surface area (Å²) in [5, 5.41) is 9.79. The van der Waals surface area contributed by atoms with E-state index in [1.54, 1.807) is 19.1 Å². The fraction of sp³-hybridized carbons (Fsp3) is 0.120. The van der Waals surface area contributed by atoms with E-state index in [9.17, 15) is 14.4 Å². The summed E-state index contributed by atoms with van der Waals surface area (Å²) in [4.78, 5) is 39.3. The number of nitrogens with zero attached hydrogens (tertiary/aromatic N) is 3. The summed E-state index contributed by atoms with van der Waals surface area (Å²) in [5.41, 5.74) is 4.51. The van der Waals surface area contributed by atoms with E-state index in [1.807, 2.05) is 42.5 Å². The van der Waals surface area contributed by atoms with Gasteiger partial charge in [-0.15, -0.1) is 0 Å². The molecule has 2 aliphatic rings. The second-order valence-corrected chi connectivity index (χ2v) is 8.09. The normalized spacial score (nSPS) is 14.8. The van der Waals surface area contributed by atoms with Crippen LogP contribution >= 0.6 is 0 Å². The number of carbonyl (C=O) groups is 2. The molecule has 0 atom stereocenters. The Bertz CT molecular complexity index is 1480. The number of amides is 2. The van der Waals surface area contributed by atoms with Gasteiger partial charge in [0.15, 0.2) is 0 Å². The molecule has 4 aromatic rings. The zero-order valence-electron chi connectivity index (χ0n) is 17.3. The number of hydrogen-bond donors (Lipinski definition) is 1. The Morgan fingerprint density at radius 2 is 1.47 bits per heavy atom. The summed E-state index contributed by atoms with van der Waals surface area (Å²) in [6, 6.07) is 16.6. The summed E-state index contributed by atoms with van der Waals surface area (Å²) < 4.78 is 1.41. The number of H-pyrrole nitrogens is 1. The highest BCUT2D eigenvalue weighted by Gasteiger charge is 2.35. The third-order valence-corrected chi connectivity index (χ3v) is 6.28. The molecule has 0 saturated heterocycles. The molecule has 1 aliphatic carbocycles. The van der Waals surface area contributed by atoms with Crippen molar-refractivity contribution in [1.29, 1.82) is 0 Å². The molecule has 1 aromatic heterocycles. The Labute approximate surface area is 182 Å². The SMILES string of the molecule is Cc1[nH]n(-c2ccccc2)c(=O)c1C=NN1C(=O)c2ccc3c4c(ccc(c24)C1=O)CC3. The number of benzene rings is 3. The van der Waals surface area contributed by atoms with Crippen molar-refractivity contribution >= 4 is 28.8 Å². The van der Waals surface area contributed by atoms with E-state index in [4.69, 9.17) is 0 Å². The number of para-hydroxylation sites is 1. The zero-order valence-corrected chi connectivity index (χ0v) is 17.3. The number of rotatable bonds is 3.